The Balaban J connectivity index is 1.70. The van der Waals surface area contributed by atoms with Crippen molar-refractivity contribution in [2.75, 3.05) is 41.1 Å². The van der Waals surface area contributed by atoms with Crippen LogP contribution in [0.2, 0.25) is 0 Å². The molecule has 4 rings (SSSR count). The molecule has 0 spiro atoms. The topological polar surface area (TPSA) is 184 Å². The number of hydrogen-bond acceptors (Lipinski definition) is 13. The van der Waals surface area contributed by atoms with E-state index in [0.29, 0.717) is 51.4 Å². The van der Waals surface area contributed by atoms with Crippen molar-refractivity contribution in [1.82, 2.24) is 4.90 Å². The van der Waals surface area contributed by atoms with E-state index in [1.54, 1.807) is 28.1 Å². The molecular weight excluding hydrogens is 871 g/mol. The van der Waals surface area contributed by atoms with Gasteiger partial charge >= 0.3 is 5.97 Å². The Morgan fingerprint density at radius 2 is 1.57 bits per heavy atom. The summed E-state index contributed by atoms with van der Waals surface area (Å²) in [6, 6.07) is -1.11. The van der Waals surface area contributed by atoms with Crippen molar-refractivity contribution < 1.29 is 62.6 Å². The minimum atomic E-state index is -2.42. The van der Waals surface area contributed by atoms with Crippen molar-refractivity contribution in [3.63, 3.8) is 0 Å². The monoisotopic (exact) mass is 956 g/mol. The van der Waals surface area contributed by atoms with Gasteiger partial charge in [-0.2, -0.15) is 0 Å². The van der Waals surface area contributed by atoms with Crippen LogP contribution in [0.4, 0.5) is 0 Å². The number of Topliss-reactive ketones (excluding diaryl/α,β-unsaturated/α-hetero) is 3. The summed E-state index contributed by atoms with van der Waals surface area (Å²) in [6.45, 7) is 15.5. The Morgan fingerprint density at radius 1 is 0.838 bits per heavy atom. The van der Waals surface area contributed by atoms with E-state index in [1.165, 1.54) is 12.0 Å². The highest BCUT2D eigenvalue weighted by Crippen LogP contribution is 2.38. The van der Waals surface area contributed by atoms with Gasteiger partial charge in [-0.3, -0.25) is 19.2 Å². The van der Waals surface area contributed by atoms with Gasteiger partial charge in [0, 0.05) is 64.4 Å². The fourth-order valence-corrected chi connectivity index (χ4v) is 10.7. The van der Waals surface area contributed by atoms with Crippen LogP contribution in [0.3, 0.4) is 0 Å². The first-order valence-electron chi connectivity index (χ1n) is 25.3. The summed E-state index contributed by atoms with van der Waals surface area (Å²) < 4.78 is 35.9. The average molecular weight is 956 g/mol. The van der Waals surface area contributed by atoms with E-state index in [4.69, 9.17) is 28.4 Å². The molecule has 0 radical (unpaired) electrons. The number of nitrogens with zero attached hydrogens (tertiary/aromatic N) is 1. The summed E-state index contributed by atoms with van der Waals surface area (Å²) in [6.07, 6.45) is 14.8. The second-order valence-electron chi connectivity index (χ2n) is 20.5. The molecule has 1 amide bonds. The first-order chi connectivity index (χ1) is 32.3. The van der Waals surface area contributed by atoms with Crippen LogP contribution in [0.15, 0.2) is 47.6 Å². The van der Waals surface area contributed by atoms with Crippen molar-refractivity contribution in [2.24, 2.45) is 41.4 Å². The van der Waals surface area contributed by atoms with E-state index in [9.17, 15) is 34.2 Å². The lowest BCUT2D eigenvalue weighted by molar-refractivity contribution is -0.265. The van der Waals surface area contributed by atoms with Gasteiger partial charge in [0.2, 0.25) is 5.79 Å². The first-order valence-corrected chi connectivity index (χ1v) is 25.3. The summed E-state index contributed by atoms with van der Waals surface area (Å²) in [5.41, 5.74) is 1.73. The molecule has 3 fully saturated rings. The van der Waals surface area contributed by atoms with Gasteiger partial charge in [0.25, 0.3) is 11.7 Å². The smallest absolute Gasteiger partial charge is 0.329 e. The normalized spacial score (nSPS) is 37.9. The number of rotatable bonds is 9. The van der Waals surface area contributed by atoms with E-state index in [1.807, 2.05) is 65.0 Å². The summed E-state index contributed by atoms with van der Waals surface area (Å²) in [7, 11) is 4.78. The van der Waals surface area contributed by atoms with Gasteiger partial charge in [-0.25, -0.2) is 4.79 Å². The number of ketones is 3. The molecule has 1 saturated carbocycles. The number of methoxy groups -OCH3 is 3. The van der Waals surface area contributed by atoms with Crippen LogP contribution in [0.1, 0.15) is 132 Å². The Labute approximate surface area is 406 Å². The molecule has 0 aromatic carbocycles. The minimum absolute atomic E-state index is 0.00654. The van der Waals surface area contributed by atoms with Crippen LogP contribution in [-0.2, 0) is 52.4 Å². The fourth-order valence-electron chi connectivity index (χ4n) is 10.7. The molecular formula is C54H85NO13. The Bertz CT molecular complexity index is 1810. The number of fused-ring (bicyclic) bond motifs is 3. The predicted molar refractivity (Wildman–Crippen MR) is 259 cm³/mol. The molecule has 14 heteroatoms. The fraction of sp³-hybridized carbons (Fsp3) is 0.759. The summed E-state index contributed by atoms with van der Waals surface area (Å²) >= 11 is 0. The molecule has 3 aliphatic heterocycles. The highest BCUT2D eigenvalue weighted by atomic mass is 16.6. The number of aliphatic hydroxyl groups is 2. The highest BCUT2D eigenvalue weighted by molar-refractivity contribution is 6.39. The molecule has 68 heavy (non-hydrogen) atoms. The molecule has 0 aromatic heterocycles. The van der Waals surface area contributed by atoms with Crippen molar-refractivity contribution >= 4 is 29.2 Å². The van der Waals surface area contributed by atoms with E-state index < -0.39 is 65.7 Å². The van der Waals surface area contributed by atoms with Crippen molar-refractivity contribution in [2.45, 2.75) is 181 Å². The molecule has 384 valence electrons. The zero-order valence-electron chi connectivity index (χ0n) is 43.0. The molecule has 3 unspecified atom stereocenters. The lowest BCUT2D eigenvalue weighted by Gasteiger charge is -2.42. The maximum atomic E-state index is 14.5. The third-order valence-corrected chi connectivity index (χ3v) is 15.3. The standard InChI is InChI=1S/C54H85NO13/c1-33-17-13-12-14-18-34(2)46(63-9)31-42-22-20-39(7)54(62,68-42)51(59)52(60)55-24-16-15-19-43(55)53(61)67-47(37(5)29-41-21-23-45(66-26-25-56)48(30-41)64-10)32-44(57)36(4)28-35(3)40(8)50(65-11)49(58)38(6)27-33/h12-14,17-18,28,33,36-43,45-48,50,56,62H,15-16,19-27,29-32H2,1-11H3/b14-12?,17-13+,34-18?,35-28+/t33-,36?,37?,38-,39-,40-,41+,42+,43+,45-,46+,47?,48-,50-,54-/m1/s1. The third kappa shape index (κ3) is 15.3. The number of aliphatic hydroxyl groups excluding tert-OH is 1. The molecule has 2 saturated heterocycles. The summed E-state index contributed by atoms with van der Waals surface area (Å²) in [5.74, 6) is -7.32. The van der Waals surface area contributed by atoms with Crippen LogP contribution < -0.4 is 0 Å². The number of hydrogen-bond donors (Lipinski definition) is 2. The third-order valence-electron chi connectivity index (χ3n) is 15.3. The second-order valence-corrected chi connectivity index (χ2v) is 20.5. The van der Waals surface area contributed by atoms with Crippen LogP contribution in [0.25, 0.3) is 0 Å². The zero-order valence-corrected chi connectivity index (χ0v) is 43.0. The quantitative estimate of drug-likeness (QED) is 0.132. The molecule has 2 N–H and O–H groups in total. The molecule has 3 heterocycles. The molecule has 1 aliphatic carbocycles. The van der Waals surface area contributed by atoms with E-state index in [2.05, 4.69) is 13.0 Å². The van der Waals surface area contributed by atoms with Gasteiger partial charge in [0.1, 0.15) is 24.0 Å². The number of esters is 1. The largest absolute Gasteiger partial charge is 0.460 e. The van der Waals surface area contributed by atoms with E-state index in [-0.39, 0.29) is 86.0 Å². The van der Waals surface area contributed by atoms with E-state index in [0.717, 1.165) is 24.0 Å². The Hall–Kier alpha value is -3.37. The first kappa shape index (κ1) is 57.2. The van der Waals surface area contributed by atoms with Crippen molar-refractivity contribution in [3.05, 3.63) is 47.6 Å². The second kappa shape index (κ2) is 27.3. The average Bonchev–Trinajstić information content (AvgIpc) is 3.32. The molecule has 4 aliphatic rings. The zero-order chi connectivity index (χ0) is 50.3. The summed E-state index contributed by atoms with van der Waals surface area (Å²) in [4.78, 5) is 72.5. The molecule has 15 atom stereocenters. The van der Waals surface area contributed by atoms with Crippen molar-refractivity contribution in [3.8, 4) is 0 Å². The molecule has 0 aromatic rings. The van der Waals surface area contributed by atoms with Gasteiger partial charge in [-0.1, -0.05) is 83.6 Å². The van der Waals surface area contributed by atoms with Crippen LogP contribution in [-0.4, -0.2) is 134 Å². The minimum Gasteiger partial charge on any atom is -0.460 e. The lowest BCUT2D eigenvalue weighted by atomic mass is 9.78. The molecule has 2 bridgehead atoms. The molecule has 14 nitrogen and oxygen atoms in total. The maximum absolute atomic E-state index is 14.5. The van der Waals surface area contributed by atoms with E-state index >= 15 is 0 Å². The van der Waals surface area contributed by atoms with Crippen LogP contribution in [0, 0.1) is 41.4 Å². The number of cyclic esters (lactones) is 1. The van der Waals surface area contributed by atoms with Gasteiger partial charge in [-0.05, 0) is 101 Å². The number of ether oxygens (including phenoxy) is 6. The number of carbonyl (C=O) groups is 5. The Kier molecular flexibility index (Phi) is 23.0. The maximum Gasteiger partial charge on any atom is 0.329 e. The SMILES string of the molecule is CO[C@H]1C[C@@H]2CC[C@@H](C)[C@@](O)(O2)C(=O)C(=O)N2CCCC[C@H]2C(=O)OC(C(C)C[C@@H]2CC[C@@H](OCCO)[C@H](OC)C2)CC(=O)C(C)/C=C(\C)[C@@H](C)[C@@H](OC)C(=O)[C@H](C)C[C@H](C)/C=C/C=CC=C1C. The lowest BCUT2D eigenvalue weighted by Crippen LogP contribution is -2.61. The highest BCUT2D eigenvalue weighted by Gasteiger charge is 2.53. The van der Waals surface area contributed by atoms with Crippen molar-refractivity contribution in [1.29, 1.82) is 0 Å². The predicted octanol–water partition coefficient (Wildman–Crippen LogP) is 7.47. The Morgan fingerprint density at radius 3 is 2.25 bits per heavy atom. The number of allylic oxidation sites excluding steroid dienone is 6. The van der Waals surface area contributed by atoms with Gasteiger partial charge in [0.05, 0.1) is 37.6 Å². The number of amides is 1. The number of piperidine rings is 1. The number of carbonyl (C=O) groups excluding carboxylic acids is 5. The van der Waals surface area contributed by atoms with Gasteiger partial charge < -0.3 is 43.5 Å². The van der Waals surface area contributed by atoms with Gasteiger partial charge in [0.15, 0.2) is 5.78 Å². The summed E-state index contributed by atoms with van der Waals surface area (Å²) in [5, 5.41) is 21.3. The van der Waals surface area contributed by atoms with Crippen LogP contribution >= 0.6 is 0 Å². The van der Waals surface area contributed by atoms with Gasteiger partial charge in [-0.15, -0.1) is 0 Å². The van der Waals surface area contributed by atoms with Crippen LogP contribution in [0.5, 0.6) is 0 Å².